The average molecular weight is 301 g/mol. The van der Waals surface area contributed by atoms with Gasteiger partial charge in [-0.05, 0) is 63.4 Å². The second kappa shape index (κ2) is 7.61. The zero-order valence-corrected chi connectivity index (χ0v) is 13.4. The molecule has 0 saturated carbocycles. The van der Waals surface area contributed by atoms with Crippen molar-refractivity contribution in [1.82, 2.24) is 15.1 Å². The smallest absolute Gasteiger partial charge is 0.241 e. The van der Waals surface area contributed by atoms with Gasteiger partial charge in [-0.25, -0.2) is 0 Å². The molecular formula is C18H27N3O. The van der Waals surface area contributed by atoms with Crippen LogP contribution in [0.4, 0.5) is 0 Å². The molecule has 4 heteroatoms. The summed E-state index contributed by atoms with van der Waals surface area (Å²) < 4.78 is 1.82. The lowest BCUT2D eigenvalue weighted by molar-refractivity contribution is -0.121. The molecule has 1 N–H and O–H groups in total. The van der Waals surface area contributed by atoms with E-state index in [0.717, 1.165) is 25.8 Å². The first-order chi connectivity index (χ1) is 10.8. The number of hydrogen-bond acceptors (Lipinski definition) is 2. The van der Waals surface area contributed by atoms with Crippen LogP contribution in [0.3, 0.4) is 0 Å². The van der Waals surface area contributed by atoms with Gasteiger partial charge in [0.25, 0.3) is 0 Å². The van der Waals surface area contributed by atoms with Gasteiger partial charge in [0.1, 0.15) is 6.54 Å². The van der Waals surface area contributed by atoms with Gasteiger partial charge in [0.05, 0.1) is 5.69 Å². The van der Waals surface area contributed by atoms with E-state index in [1.165, 1.54) is 61.8 Å². The molecule has 0 bridgehead atoms. The lowest BCUT2D eigenvalue weighted by atomic mass is 9.97. The minimum absolute atomic E-state index is 0.0778. The van der Waals surface area contributed by atoms with E-state index in [0.29, 0.717) is 6.54 Å². The summed E-state index contributed by atoms with van der Waals surface area (Å²) in [6.07, 6.45) is 16.4. The van der Waals surface area contributed by atoms with Crippen LogP contribution in [0.2, 0.25) is 0 Å². The fraction of sp³-hybridized carbons (Fsp3) is 0.667. The Morgan fingerprint density at radius 1 is 1.14 bits per heavy atom. The van der Waals surface area contributed by atoms with Crippen molar-refractivity contribution in [2.45, 2.75) is 70.8 Å². The molecule has 3 rings (SSSR count). The van der Waals surface area contributed by atoms with Crippen molar-refractivity contribution in [3.63, 3.8) is 0 Å². The van der Waals surface area contributed by atoms with Gasteiger partial charge in [-0.1, -0.05) is 18.1 Å². The summed E-state index contributed by atoms with van der Waals surface area (Å²) in [6, 6.07) is 0. The first-order valence-electron chi connectivity index (χ1n) is 8.81. The first-order valence-corrected chi connectivity index (χ1v) is 8.81. The normalized spacial score (nSPS) is 18.3. The SMILES string of the molecule is O=C(Cn1cc2c(n1)CCCCC2)NCCC1=CCCCC1. The molecule has 1 aromatic heterocycles. The average Bonchev–Trinajstić information content (AvgIpc) is 2.77. The summed E-state index contributed by atoms with van der Waals surface area (Å²) in [5.74, 6) is 0.0778. The van der Waals surface area contributed by atoms with E-state index in [1.807, 2.05) is 4.68 Å². The number of nitrogens with one attached hydrogen (secondary N) is 1. The van der Waals surface area contributed by atoms with Gasteiger partial charge in [-0.15, -0.1) is 0 Å². The Kier molecular flexibility index (Phi) is 5.30. The molecule has 120 valence electrons. The molecule has 0 atom stereocenters. The van der Waals surface area contributed by atoms with E-state index in [-0.39, 0.29) is 5.91 Å². The Balaban J connectivity index is 1.44. The van der Waals surface area contributed by atoms with Crippen molar-refractivity contribution in [2.24, 2.45) is 0 Å². The first kappa shape index (κ1) is 15.3. The second-order valence-electron chi connectivity index (χ2n) is 6.57. The standard InChI is InChI=1S/C18H27N3O/c22-18(19-12-11-15-7-3-1-4-8-15)14-21-13-16-9-5-2-6-10-17(16)20-21/h7,13H,1-6,8-12,14H2,(H,19,22). The number of allylic oxidation sites excluding steroid dienone is 1. The van der Waals surface area contributed by atoms with E-state index in [2.05, 4.69) is 22.7 Å². The number of aromatic nitrogens is 2. The van der Waals surface area contributed by atoms with Gasteiger partial charge in [-0.3, -0.25) is 9.48 Å². The lowest BCUT2D eigenvalue weighted by Gasteiger charge is -2.12. The molecule has 0 aromatic carbocycles. The van der Waals surface area contributed by atoms with Gasteiger partial charge in [0.2, 0.25) is 5.91 Å². The number of carbonyl (C=O) groups is 1. The number of hydrogen-bond donors (Lipinski definition) is 1. The number of rotatable bonds is 5. The van der Waals surface area contributed by atoms with Crippen LogP contribution in [0.1, 0.15) is 62.6 Å². The van der Waals surface area contributed by atoms with Gasteiger partial charge in [-0.2, -0.15) is 5.10 Å². The molecule has 0 aliphatic heterocycles. The highest BCUT2D eigenvalue weighted by Gasteiger charge is 2.13. The summed E-state index contributed by atoms with van der Waals surface area (Å²) in [6.45, 7) is 1.11. The number of carbonyl (C=O) groups excluding carboxylic acids is 1. The summed E-state index contributed by atoms with van der Waals surface area (Å²) in [5.41, 5.74) is 4.06. The van der Waals surface area contributed by atoms with E-state index in [4.69, 9.17) is 0 Å². The zero-order chi connectivity index (χ0) is 15.2. The third-order valence-corrected chi connectivity index (χ3v) is 4.74. The molecule has 0 fully saturated rings. The Morgan fingerprint density at radius 2 is 2.00 bits per heavy atom. The maximum absolute atomic E-state index is 12.0. The maximum Gasteiger partial charge on any atom is 0.241 e. The highest BCUT2D eigenvalue weighted by molar-refractivity contribution is 5.75. The summed E-state index contributed by atoms with van der Waals surface area (Å²) in [5, 5.41) is 7.62. The fourth-order valence-corrected chi connectivity index (χ4v) is 3.48. The van der Waals surface area contributed by atoms with Crippen molar-refractivity contribution < 1.29 is 4.79 Å². The highest BCUT2D eigenvalue weighted by Crippen LogP contribution is 2.20. The molecule has 0 radical (unpaired) electrons. The van der Waals surface area contributed by atoms with E-state index in [1.54, 1.807) is 0 Å². The van der Waals surface area contributed by atoms with Crippen LogP contribution in [0, 0.1) is 0 Å². The summed E-state index contributed by atoms with van der Waals surface area (Å²) >= 11 is 0. The van der Waals surface area contributed by atoms with Crippen molar-refractivity contribution in [1.29, 1.82) is 0 Å². The molecule has 2 aliphatic carbocycles. The van der Waals surface area contributed by atoms with Crippen molar-refractivity contribution in [2.75, 3.05) is 6.54 Å². The van der Waals surface area contributed by atoms with Crippen LogP contribution in [-0.4, -0.2) is 22.2 Å². The van der Waals surface area contributed by atoms with E-state index >= 15 is 0 Å². The lowest BCUT2D eigenvalue weighted by Crippen LogP contribution is -2.29. The molecule has 2 aliphatic rings. The van der Waals surface area contributed by atoms with Crippen LogP contribution >= 0.6 is 0 Å². The number of nitrogens with zero attached hydrogens (tertiary/aromatic N) is 2. The molecule has 1 amide bonds. The minimum Gasteiger partial charge on any atom is -0.354 e. The van der Waals surface area contributed by atoms with Crippen LogP contribution in [0.25, 0.3) is 0 Å². The molecule has 0 unspecified atom stereocenters. The Morgan fingerprint density at radius 3 is 2.86 bits per heavy atom. The van der Waals surface area contributed by atoms with Crippen LogP contribution in [-0.2, 0) is 24.2 Å². The monoisotopic (exact) mass is 301 g/mol. The number of fused-ring (bicyclic) bond motifs is 1. The van der Waals surface area contributed by atoms with Crippen molar-refractivity contribution in [3.05, 3.63) is 29.1 Å². The topological polar surface area (TPSA) is 46.9 Å². The maximum atomic E-state index is 12.0. The molecule has 0 saturated heterocycles. The van der Waals surface area contributed by atoms with Gasteiger partial charge in [0, 0.05) is 12.7 Å². The molecule has 4 nitrogen and oxygen atoms in total. The molecular weight excluding hydrogens is 274 g/mol. The largest absolute Gasteiger partial charge is 0.354 e. The van der Waals surface area contributed by atoms with Gasteiger partial charge >= 0.3 is 0 Å². The van der Waals surface area contributed by atoms with Crippen molar-refractivity contribution >= 4 is 5.91 Å². The second-order valence-corrected chi connectivity index (χ2v) is 6.57. The highest BCUT2D eigenvalue weighted by atomic mass is 16.2. The van der Waals surface area contributed by atoms with Crippen LogP contribution < -0.4 is 5.32 Å². The summed E-state index contributed by atoms with van der Waals surface area (Å²) in [7, 11) is 0. The van der Waals surface area contributed by atoms with Gasteiger partial charge in [0.15, 0.2) is 0 Å². The quantitative estimate of drug-likeness (QED) is 0.671. The minimum atomic E-state index is 0.0778. The van der Waals surface area contributed by atoms with E-state index < -0.39 is 0 Å². The zero-order valence-electron chi connectivity index (χ0n) is 13.4. The fourth-order valence-electron chi connectivity index (χ4n) is 3.48. The number of amides is 1. The molecule has 1 aromatic rings. The third-order valence-electron chi connectivity index (χ3n) is 4.74. The summed E-state index contributed by atoms with van der Waals surface area (Å²) in [4.78, 5) is 12.0. The van der Waals surface area contributed by atoms with Crippen LogP contribution in [0.5, 0.6) is 0 Å². The predicted octanol–water partition coefficient (Wildman–Crippen LogP) is 3.16. The Hall–Kier alpha value is -1.58. The Bertz CT molecular complexity index is 521. The predicted molar refractivity (Wildman–Crippen MR) is 87.7 cm³/mol. The molecule has 1 heterocycles. The van der Waals surface area contributed by atoms with Gasteiger partial charge < -0.3 is 5.32 Å². The number of aryl methyl sites for hydroxylation is 2. The van der Waals surface area contributed by atoms with Crippen molar-refractivity contribution in [3.8, 4) is 0 Å². The molecule has 22 heavy (non-hydrogen) atoms. The third kappa shape index (κ3) is 4.21. The molecule has 0 spiro atoms. The van der Waals surface area contributed by atoms with Crippen LogP contribution in [0.15, 0.2) is 17.8 Å². The Labute approximate surface area is 133 Å². The van der Waals surface area contributed by atoms with E-state index in [9.17, 15) is 4.79 Å².